The summed E-state index contributed by atoms with van der Waals surface area (Å²) < 4.78 is 31.2. The van der Waals surface area contributed by atoms with Gasteiger partial charge < -0.3 is 15.0 Å². The lowest BCUT2D eigenvalue weighted by molar-refractivity contribution is -0.0354. The van der Waals surface area contributed by atoms with Crippen molar-refractivity contribution in [2.24, 2.45) is 5.92 Å². The van der Waals surface area contributed by atoms with E-state index in [0.717, 1.165) is 4.68 Å². The van der Waals surface area contributed by atoms with Gasteiger partial charge in [0.2, 0.25) is 0 Å². The number of hydrogen-bond acceptors (Lipinski definition) is 3. The molecule has 118 valence electrons. The zero-order valence-electron chi connectivity index (χ0n) is 12.1. The summed E-state index contributed by atoms with van der Waals surface area (Å²) in [6, 6.07) is -0.263. The lowest BCUT2D eigenvalue weighted by Crippen LogP contribution is -2.48. The van der Waals surface area contributed by atoms with Crippen LogP contribution in [0.15, 0.2) is 12.4 Å². The molecule has 1 aromatic heterocycles. The van der Waals surface area contributed by atoms with E-state index in [1.165, 1.54) is 12.4 Å². The Morgan fingerprint density at radius 2 is 2.33 bits per heavy atom. The first-order valence-electron chi connectivity index (χ1n) is 6.94. The van der Waals surface area contributed by atoms with Gasteiger partial charge in [0.1, 0.15) is 6.54 Å². The Kier molecular flexibility index (Phi) is 5.11. The summed E-state index contributed by atoms with van der Waals surface area (Å²) in [5, 5.41) is 6.44. The van der Waals surface area contributed by atoms with Gasteiger partial charge in [-0.15, -0.1) is 0 Å². The number of amides is 2. The Balaban J connectivity index is 1.90. The SMILES string of the molecule is CC(C)[C@H]1CN(C(=O)Nc2cnn(CC(F)F)c2)CCO1. The minimum Gasteiger partial charge on any atom is -0.374 e. The fourth-order valence-electron chi connectivity index (χ4n) is 2.14. The molecule has 1 aliphatic rings. The molecule has 6 nitrogen and oxygen atoms in total. The Bertz CT molecular complexity index is 478. The number of nitrogens with one attached hydrogen (secondary N) is 1. The second kappa shape index (κ2) is 6.84. The number of halogens is 2. The molecular weight excluding hydrogens is 282 g/mol. The van der Waals surface area contributed by atoms with Crippen LogP contribution in [0.3, 0.4) is 0 Å². The average Bonchev–Trinajstić information content (AvgIpc) is 2.85. The predicted octanol–water partition coefficient (Wildman–Crippen LogP) is 2.04. The minimum absolute atomic E-state index is 0.0195. The van der Waals surface area contributed by atoms with Crippen LogP contribution in [0.4, 0.5) is 19.3 Å². The van der Waals surface area contributed by atoms with Crippen molar-refractivity contribution < 1.29 is 18.3 Å². The number of ether oxygens (including phenoxy) is 1. The van der Waals surface area contributed by atoms with Crippen LogP contribution in [-0.4, -0.2) is 52.9 Å². The second-order valence-corrected chi connectivity index (χ2v) is 5.37. The topological polar surface area (TPSA) is 59.4 Å². The van der Waals surface area contributed by atoms with E-state index in [1.807, 2.05) is 13.8 Å². The highest BCUT2D eigenvalue weighted by atomic mass is 19.3. The molecule has 2 amide bonds. The van der Waals surface area contributed by atoms with Crippen molar-refractivity contribution >= 4 is 11.7 Å². The number of alkyl halides is 2. The van der Waals surface area contributed by atoms with Crippen molar-refractivity contribution in [2.45, 2.75) is 32.9 Å². The Labute approximate surface area is 122 Å². The van der Waals surface area contributed by atoms with Crippen molar-refractivity contribution in [1.29, 1.82) is 0 Å². The highest BCUT2D eigenvalue weighted by Crippen LogP contribution is 2.15. The maximum atomic E-state index is 12.2. The molecule has 1 N–H and O–H groups in total. The van der Waals surface area contributed by atoms with Gasteiger partial charge in [0.15, 0.2) is 0 Å². The van der Waals surface area contributed by atoms with E-state index < -0.39 is 13.0 Å². The van der Waals surface area contributed by atoms with Gasteiger partial charge in [-0.05, 0) is 5.92 Å². The van der Waals surface area contributed by atoms with Crippen LogP contribution in [0.1, 0.15) is 13.8 Å². The molecule has 2 heterocycles. The third-order valence-electron chi connectivity index (χ3n) is 3.33. The van der Waals surface area contributed by atoms with Gasteiger partial charge in [-0.3, -0.25) is 4.68 Å². The van der Waals surface area contributed by atoms with E-state index in [2.05, 4.69) is 10.4 Å². The van der Waals surface area contributed by atoms with Crippen molar-refractivity contribution in [1.82, 2.24) is 14.7 Å². The van der Waals surface area contributed by atoms with Crippen LogP contribution in [-0.2, 0) is 11.3 Å². The number of urea groups is 1. The summed E-state index contributed by atoms with van der Waals surface area (Å²) in [5.41, 5.74) is 0.410. The Hall–Kier alpha value is -1.70. The quantitative estimate of drug-likeness (QED) is 0.926. The van der Waals surface area contributed by atoms with Gasteiger partial charge >= 0.3 is 6.03 Å². The number of nitrogens with zero attached hydrogens (tertiary/aromatic N) is 3. The summed E-state index contributed by atoms with van der Waals surface area (Å²) in [6.45, 7) is 5.14. The van der Waals surface area contributed by atoms with Crippen LogP contribution >= 0.6 is 0 Å². The summed E-state index contributed by atoms with van der Waals surface area (Å²) in [6.07, 6.45) is 0.302. The van der Waals surface area contributed by atoms with Gasteiger partial charge in [0, 0.05) is 19.3 Å². The third-order valence-corrected chi connectivity index (χ3v) is 3.33. The maximum Gasteiger partial charge on any atom is 0.322 e. The molecule has 1 aromatic rings. The molecular formula is C13H20F2N4O2. The van der Waals surface area contributed by atoms with Crippen LogP contribution < -0.4 is 5.32 Å². The van der Waals surface area contributed by atoms with E-state index in [9.17, 15) is 13.6 Å². The van der Waals surface area contributed by atoms with Crippen LogP contribution in [0.5, 0.6) is 0 Å². The molecule has 2 rings (SSSR count). The van der Waals surface area contributed by atoms with Crippen molar-refractivity contribution in [3.63, 3.8) is 0 Å². The summed E-state index contributed by atoms with van der Waals surface area (Å²) in [7, 11) is 0. The molecule has 0 radical (unpaired) electrons. The molecule has 0 aromatic carbocycles. The summed E-state index contributed by atoms with van der Waals surface area (Å²) in [5.74, 6) is 0.328. The first-order chi connectivity index (χ1) is 9.95. The zero-order valence-corrected chi connectivity index (χ0v) is 12.1. The first-order valence-corrected chi connectivity index (χ1v) is 6.94. The molecule has 0 aliphatic carbocycles. The standard InChI is InChI=1S/C13H20F2N4O2/c1-9(2)11-7-18(3-4-21-11)13(20)17-10-5-16-19(6-10)8-12(14)15/h5-6,9,11-12H,3-4,7-8H2,1-2H3,(H,17,20)/t11-/m1/s1. The Morgan fingerprint density at radius 3 is 3.00 bits per heavy atom. The average molecular weight is 302 g/mol. The van der Waals surface area contributed by atoms with Crippen LogP contribution in [0.2, 0.25) is 0 Å². The van der Waals surface area contributed by atoms with Gasteiger partial charge in [-0.2, -0.15) is 5.10 Å². The van der Waals surface area contributed by atoms with Gasteiger partial charge in [0.25, 0.3) is 6.43 Å². The number of aromatic nitrogens is 2. The van der Waals surface area contributed by atoms with E-state index in [1.54, 1.807) is 4.90 Å². The fraction of sp³-hybridized carbons (Fsp3) is 0.692. The van der Waals surface area contributed by atoms with Gasteiger partial charge in [0.05, 0.1) is 24.6 Å². The largest absolute Gasteiger partial charge is 0.374 e. The second-order valence-electron chi connectivity index (χ2n) is 5.37. The number of carbonyl (C=O) groups is 1. The zero-order chi connectivity index (χ0) is 15.4. The lowest BCUT2D eigenvalue weighted by atomic mass is 10.1. The smallest absolute Gasteiger partial charge is 0.322 e. The monoisotopic (exact) mass is 302 g/mol. The molecule has 21 heavy (non-hydrogen) atoms. The number of carbonyl (C=O) groups excluding carboxylic acids is 1. The van der Waals surface area contributed by atoms with Crippen molar-refractivity contribution in [3.8, 4) is 0 Å². The molecule has 0 bridgehead atoms. The Morgan fingerprint density at radius 1 is 1.57 bits per heavy atom. The number of morpholine rings is 1. The molecule has 1 fully saturated rings. The summed E-state index contributed by atoms with van der Waals surface area (Å²) in [4.78, 5) is 13.8. The van der Waals surface area contributed by atoms with Crippen LogP contribution in [0, 0.1) is 5.92 Å². The maximum absolute atomic E-state index is 12.2. The molecule has 1 aliphatic heterocycles. The molecule has 0 spiro atoms. The fourth-order valence-corrected chi connectivity index (χ4v) is 2.14. The van der Waals surface area contributed by atoms with E-state index >= 15 is 0 Å². The highest BCUT2D eigenvalue weighted by Gasteiger charge is 2.26. The minimum atomic E-state index is -2.47. The lowest BCUT2D eigenvalue weighted by Gasteiger charge is -2.34. The molecule has 1 atom stereocenters. The van der Waals surface area contributed by atoms with Crippen molar-refractivity contribution in [3.05, 3.63) is 12.4 Å². The van der Waals surface area contributed by atoms with Gasteiger partial charge in [-0.1, -0.05) is 13.8 Å². The number of rotatable bonds is 4. The van der Waals surface area contributed by atoms with E-state index in [4.69, 9.17) is 4.74 Å². The first kappa shape index (κ1) is 15.7. The van der Waals surface area contributed by atoms with Gasteiger partial charge in [-0.25, -0.2) is 13.6 Å². The molecule has 0 saturated carbocycles. The highest BCUT2D eigenvalue weighted by molar-refractivity contribution is 5.89. The molecule has 8 heteroatoms. The van der Waals surface area contributed by atoms with E-state index in [0.29, 0.717) is 31.3 Å². The molecule has 0 unspecified atom stereocenters. The summed E-state index contributed by atoms with van der Waals surface area (Å²) >= 11 is 0. The number of hydrogen-bond donors (Lipinski definition) is 1. The van der Waals surface area contributed by atoms with E-state index in [-0.39, 0.29) is 12.1 Å². The predicted molar refractivity (Wildman–Crippen MR) is 73.4 cm³/mol. The van der Waals surface area contributed by atoms with Crippen LogP contribution in [0.25, 0.3) is 0 Å². The van der Waals surface area contributed by atoms with Crippen molar-refractivity contribution in [2.75, 3.05) is 25.0 Å². The normalized spacial score (nSPS) is 19.3. The molecule has 1 saturated heterocycles. The third kappa shape index (κ3) is 4.38. The number of anilines is 1.